The van der Waals surface area contributed by atoms with Crippen molar-refractivity contribution in [2.24, 2.45) is 0 Å². The fourth-order valence-corrected chi connectivity index (χ4v) is 2.46. The van der Waals surface area contributed by atoms with Gasteiger partial charge in [0, 0.05) is 16.5 Å². The van der Waals surface area contributed by atoms with Crippen molar-refractivity contribution in [3.8, 4) is 0 Å². The summed E-state index contributed by atoms with van der Waals surface area (Å²) < 4.78 is 0. The molecule has 2 aromatic rings. The lowest BCUT2D eigenvalue weighted by molar-refractivity contribution is 0.0937. The Morgan fingerprint density at radius 2 is 2.15 bits per heavy atom. The molecule has 0 radical (unpaired) electrons. The molecule has 0 spiro atoms. The normalized spacial score (nSPS) is 12.4. The predicted octanol–water partition coefficient (Wildman–Crippen LogP) is 4.12. The summed E-state index contributed by atoms with van der Waals surface area (Å²) >= 11 is 5.99. The van der Waals surface area contributed by atoms with Gasteiger partial charge in [-0.05, 0) is 44.5 Å². The van der Waals surface area contributed by atoms with Gasteiger partial charge in [0.2, 0.25) is 0 Å². The summed E-state index contributed by atoms with van der Waals surface area (Å²) in [6.45, 7) is 5.98. The standard InChI is InChI=1S/C16H19ClN2O/c1-4-5-10(2)18-16(20)14-9-12-8-13(17)6-7-15(12)19-11(14)3/h6-10H,4-5H2,1-3H3,(H,18,20). The number of hydrogen-bond donors (Lipinski definition) is 1. The summed E-state index contributed by atoms with van der Waals surface area (Å²) in [4.78, 5) is 16.8. The topological polar surface area (TPSA) is 42.0 Å². The van der Waals surface area contributed by atoms with Gasteiger partial charge in [0.25, 0.3) is 5.91 Å². The van der Waals surface area contributed by atoms with Crippen LogP contribution in [0.4, 0.5) is 0 Å². The van der Waals surface area contributed by atoms with E-state index in [4.69, 9.17) is 11.6 Å². The molecule has 106 valence electrons. The van der Waals surface area contributed by atoms with Crippen LogP contribution in [-0.2, 0) is 0 Å². The summed E-state index contributed by atoms with van der Waals surface area (Å²) in [5.41, 5.74) is 2.20. The molecule has 0 aliphatic heterocycles. The van der Waals surface area contributed by atoms with Gasteiger partial charge in [-0.2, -0.15) is 0 Å². The van der Waals surface area contributed by atoms with Crippen LogP contribution in [0.15, 0.2) is 24.3 Å². The lowest BCUT2D eigenvalue weighted by Crippen LogP contribution is -2.32. The number of pyridine rings is 1. The van der Waals surface area contributed by atoms with Gasteiger partial charge < -0.3 is 5.32 Å². The highest BCUT2D eigenvalue weighted by molar-refractivity contribution is 6.31. The molecule has 0 fully saturated rings. The van der Waals surface area contributed by atoms with Crippen LogP contribution in [0.3, 0.4) is 0 Å². The van der Waals surface area contributed by atoms with Crippen LogP contribution < -0.4 is 5.32 Å². The highest BCUT2D eigenvalue weighted by Crippen LogP contribution is 2.20. The number of nitrogens with one attached hydrogen (secondary N) is 1. The number of halogens is 1. The summed E-state index contributed by atoms with van der Waals surface area (Å²) in [6.07, 6.45) is 2.02. The van der Waals surface area contributed by atoms with E-state index in [0.717, 1.165) is 29.4 Å². The maximum atomic E-state index is 12.3. The third-order valence-corrected chi connectivity index (χ3v) is 3.55. The first-order valence-corrected chi connectivity index (χ1v) is 7.27. The van der Waals surface area contributed by atoms with Crippen molar-refractivity contribution in [1.29, 1.82) is 0 Å². The molecule has 1 N–H and O–H groups in total. The van der Waals surface area contributed by atoms with E-state index < -0.39 is 0 Å². The Morgan fingerprint density at radius 3 is 2.85 bits per heavy atom. The Kier molecular flexibility index (Phi) is 4.61. The van der Waals surface area contributed by atoms with Crippen molar-refractivity contribution in [2.75, 3.05) is 0 Å². The molecule has 1 aromatic heterocycles. The number of hydrogen-bond acceptors (Lipinski definition) is 2. The van der Waals surface area contributed by atoms with Gasteiger partial charge in [-0.1, -0.05) is 24.9 Å². The lowest BCUT2D eigenvalue weighted by atomic mass is 10.1. The molecule has 2 rings (SSSR count). The first-order valence-electron chi connectivity index (χ1n) is 6.89. The van der Waals surface area contributed by atoms with E-state index in [1.807, 2.05) is 32.0 Å². The molecule has 1 atom stereocenters. The zero-order chi connectivity index (χ0) is 14.7. The molecule has 4 heteroatoms. The van der Waals surface area contributed by atoms with E-state index in [1.54, 1.807) is 6.07 Å². The van der Waals surface area contributed by atoms with Crippen LogP contribution >= 0.6 is 11.6 Å². The Hall–Kier alpha value is -1.61. The lowest BCUT2D eigenvalue weighted by Gasteiger charge is -2.14. The second-order valence-electron chi connectivity index (χ2n) is 5.12. The van der Waals surface area contributed by atoms with Gasteiger partial charge in [0.1, 0.15) is 0 Å². The third kappa shape index (κ3) is 3.28. The average molecular weight is 291 g/mol. The predicted molar refractivity (Wildman–Crippen MR) is 83.3 cm³/mol. The van der Waals surface area contributed by atoms with Gasteiger partial charge >= 0.3 is 0 Å². The maximum absolute atomic E-state index is 12.3. The van der Waals surface area contributed by atoms with Crippen LogP contribution in [-0.4, -0.2) is 16.9 Å². The Bertz CT molecular complexity index is 640. The molecule has 1 amide bonds. The smallest absolute Gasteiger partial charge is 0.253 e. The van der Waals surface area contributed by atoms with Gasteiger partial charge in [0.15, 0.2) is 0 Å². The number of rotatable bonds is 4. The molecule has 0 aliphatic rings. The second kappa shape index (κ2) is 6.23. The van der Waals surface area contributed by atoms with E-state index in [0.29, 0.717) is 10.6 Å². The van der Waals surface area contributed by atoms with Gasteiger partial charge in [-0.3, -0.25) is 9.78 Å². The van der Waals surface area contributed by atoms with Crippen LogP contribution in [0.25, 0.3) is 10.9 Å². The number of aromatic nitrogens is 1. The largest absolute Gasteiger partial charge is 0.350 e. The molecule has 0 saturated heterocycles. The van der Waals surface area contributed by atoms with E-state index in [9.17, 15) is 4.79 Å². The number of fused-ring (bicyclic) bond motifs is 1. The van der Waals surface area contributed by atoms with Crippen molar-refractivity contribution in [1.82, 2.24) is 10.3 Å². The van der Waals surface area contributed by atoms with E-state index in [-0.39, 0.29) is 11.9 Å². The molecule has 20 heavy (non-hydrogen) atoms. The molecular formula is C16H19ClN2O. The molecule has 1 unspecified atom stereocenters. The van der Waals surface area contributed by atoms with E-state index in [1.165, 1.54) is 0 Å². The van der Waals surface area contributed by atoms with Gasteiger partial charge in [-0.15, -0.1) is 0 Å². The minimum Gasteiger partial charge on any atom is -0.350 e. The first-order chi connectivity index (χ1) is 9.51. The van der Waals surface area contributed by atoms with E-state index >= 15 is 0 Å². The molecular weight excluding hydrogens is 272 g/mol. The van der Waals surface area contributed by atoms with Crippen molar-refractivity contribution < 1.29 is 4.79 Å². The van der Waals surface area contributed by atoms with E-state index in [2.05, 4.69) is 17.2 Å². The average Bonchev–Trinajstić information content (AvgIpc) is 2.38. The summed E-state index contributed by atoms with van der Waals surface area (Å²) in [6, 6.07) is 7.53. The van der Waals surface area contributed by atoms with Crippen molar-refractivity contribution in [2.45, 2.75) is 39.7 Å². The minimum absolute atomic E-state index is 0.0715. The van der Waals surface area contributed by atoms with Crippen LogP contribution in [0, 0.1) is 6.92 Å². The Labute approximate surface area is 124 Å². The molecule has 1 aromatic carbocycles. The summed E-state index contributed by atoms with van der Waals surface area (Å²) in [5, 5.41) is 4.54. The van der Waals surface area contributed by atoms with Crippen LogP contribution in [0.2, 0.25) is 5.02 Å². The highest BCUT2D eigenvalue weighted by Gasteiger charge is 2.13. The summed E-state index contributed by atoms with van der Waals surface area (Å²) in [5.74, 6) is -0.0715. The number of amides is 1. The molecule has 0 bridgehead atoms. The van der Waals surface area contributed by atoms with Gasteiger partial charge in [0.05, 0.1) is 16.8 Å². The van der Waals surface area contributed by atoms with Crippen LogP contribution in [0.1, 0.15) is 42.7 Å². The number of benzene rings is 1. The number of nitrogens with zero attached hydrogens (tertiary/aromatic N) is 1. The zero-order valence-electron chi connectivity index (χ0n) is 12.0. The Morgan fingerprint density at radius 1 is 1.40 bits per heavy atom. The number of carbonyl (C=O) groups excluding carboxylic acids is 1. The first kappa shape index (κ1) is 14.8. The van der Waals surface area contributed by atoms with Crippen LogP contribution in [0.5, 0.6) is 0 Å². The second-order valence-corrected chi connectivity index (χ2v) is 5.56. The quantitative estimate of drug-likeness (QED) is 0.920. The van der Waals surface area contributed by atoms with Gasteiger partial charge in [-0.25, -0.2) is 0 Å². The number of carbonyl (C=O) groups is 1. The molecule has 3 nitrogen and oxygen atoms in total. The summed E-state index contributed by atoms with van der Waals surface area (Å²) in [7, 11) is 0. The highest BCUT2D eigenvalue weighted by atomic mass is 35.5. The van der Waals surface area contributed by atoms with Crippen molar-refractivity contribution in [3.05, 3.63) is 40.5 Å². The molecule has 1 heterocycles. The molecule has 0 saturated carbocycles. The fourth-order valence-electron chi connectivity index (χ4n) is 2.28. The SMILES string of the molecule is CCCC(C)NC(=O)c1cc2cc(Cl)ccc2nc1C. The monoisotopic (exact) mass is 290 g/mol. The maximum Gasteiger partial charge on any atom is 0.253 e. The zero-order valence-corrected chi connectivity index (χ0v) is 12.8. The van der Waals surface area contributed by atoms with Crippen molar-refractivity contribution in [3.63, 3.8) is 0 Å². The third-order valence-electron chi connectivity index (χ3n) is 3.31. The number of aryl methyl sites for hydroxylation is 1. The fraction of sp³-hybridized carbons (Fsp3) is 0.375. The Balaban J connectivity index is 2.33. The van der Waals surface area contributed by atoms with Crippen molar-refractivity contribution >= 4 is 28.4 Å². The molecule has 0 aliphatic carbocycles. The minimum atomic E-state index is -0.0715.